The van der Waals surface area contributed by atoms with Gasteiger partial charge in [0, 0.05) is 11.5 Å². The molecule has 0 aliphatic heterocycles. The topological polar surface area (TPSA) is 50.1 Å². The molecule has 84 valence electrons. The van der Waals surface area contributed by atoms with E-state index in [9.17, 15) is 4.79 Å². The molecule has 1 aromatic carbocycles. The second-order valence-electron chi connectivity index (χ2n) is 4.01. The Morgan fingerprint density at radius 2 is 2.00 bits per heavy atom. The minimum absolute atomic E-state index is 0.270. The number of methoxy groups -OCH3 is 1. The van der Waals surface area contributed by atoms with E-state index in [1.54, 1.807) is 0 Å². The number of nitrogens with zero attached hydrogens (tertiary/aromatic N) is 1. The Morgan fingerprint density at radius 1 is 1.35 bits per heavy atom. The van der Waals surface area contributed by atoms with Gasteiger partial charge in [0.05, 0.1) is 18.6 Å². The monoisotopic (exact) mass is 225 g/mol. The number of esters is 1. The van der Waals surface area contributed by atoms with Gasteiger partial charge in [-0.25, -0.2) is 4.79 Å². The van der Waals surface area contributed by atoms with Crippen LogP contribution in [0.3, 0.4) is 0 Å². The highest BCUT2D eigenvalue weighted by molar-refractivity contribution is 5.88. The number of hydrogen-bond donors (Lipinski definition) is 0. The lowest BCUT2D eigenvalue weighted by atomic mass is 9.97. The molecular formula is C14H11NO2. The third-order valence-electron chi connectivity index (χ3n) is 2.90. The van der Waals surface area contributed by atoms with Crippen molar-refractivity contribution in [3.05, 3.63) is 35.4 Å². The van der Waals surface area contributed by atoms with Crippen LogP contribution in [0.25, 0.3) is 0 Å². The minimum atomic E-state index is -0.551. The highest BCUT2D eigenvalue weighted by atomic mass is 16.5. The predicted octanol–water partition coefficient (Wildman–Crippen LogP) is 1.77. The molecule has 0 radical (unpaired) electrons. The van der Waals surface area contributed by atoms with Crippen LogP contribution in [0, 0.1) is 23.2 Å². The van der Waals surface area contributed by atoms with Gasteiger partial charge in [-0.3, -0.25) is 0 Å². The highest BCUT2D eigenvalue weighted by Gasteiger charge is 2.44. The van der Waals surface area contributed by atoms with Crippen molar-refractivity contribution in [2.45, 2.75) is 18.3 Å². The Morgan fingerprint density at radius 3 is 2.47 bits per heavy atom. The average Bonchev–Trinajstić information content (AvgIpc) is 3.17. The Labute approximate surface area is 100 Å². The van der Waals surface area contributed by atoms with Gasteiger partial charge in [0.15, 0.2) is 0 Å². The third kappa shape index (κ3) is 2.29. The quantitative estimate of drug-likeness (QED) is 0.540. The van der Waals surface area contributed by atoms with Crippen LogP contribution in [-0.2, 0) is 14.9 Å². The molecule has 1 fully saturated rings. The van der Waals surface area contributed by atoms with Crippen molar-refractivity contribution in [2.24, 2.45) is 0 Å². The van der Waals surface area contributed by atoms with Crippen LogP contribution in [0.2, 0.25) is 0 Å². The number of rotatable bonds is 1. The summed E-state index contributed by atoms with van der Waals surface area (Å²) in [6.07, 6.45) is 1.85. The largest absolute Gasteiger partial charge is 0.459 e. The SMILES string of the molecule is COC(=O)C#Cc1ccc(C2(C#N)CC2)cc1. The molecule has 0 spiro atoms. The lowest BCUT2D eigenvalue weighted by Crippen LogP contribution is -2.01. The molecule has 1 aliphatic rings. The first-order valence-corrected chi connectivity index (χ1v) is 5.32. The molecule has 0 atom stereocenters. The zero-order chi connectivity index (χ0) is 12.3. The van der Waals surface area contributed by atoms with Crippen LogP contribution < -0.4 is 0 Å². The molecular weight excluding hydrogens is 214 g/mol. The van der Waals surface area contributed by atoms with E-state index in [2.05, 4.69) is 22.6 Å². The van der Waals surface area contributed by atoms with Gasteiger partial charge < -0.3 is 4.74 Å². The van der Waals surface area contributed by atoms with Gasteiger partial charge in [-0.2, -0.15) is 5.26 Å². The van der Waals surface area contributed by atoms with Crippen LogP contribution >= 0.6 is 0 Å². The standard InChI is InChI=1S/C14H11NO2/c1-17-13(16)7-4-11-2-5-12(6-3-11)14(10-15)8-9-14/h2-3,5-6H,8-9H2,1H3. The molecule has 3 heteroatoms. The maximum Gasteiger partial charge on any atom is 0.384 e. The average molecular weight is 225 g/mol. The lowest BCUT2D eigenvalue weighted by molar-refractivity contribution is -0.133. The van der Waals surface area contributed by atoms with E-state index in [0.29, 0.717) is 0 Å². The van der Waals surface area contributed by atoms with E-state index in [1.807, 2.05) is 24.3 Å². The van der Waals surface area contributed by atoms with E-state index >= 15 is 0 Å². The molecule has 1 aromatic rings. The van der Waals surface area contributed by atoms with Gasteiger partial charge >= 0.3 is 5.97 Å². The van der Waals surface area contributed by atoms with Crippen molar-refractivity contribution in [2.75, 3.05) is 7.11 Å². The Balaban J connectivity index is 2.16. The summed E-state index contributed by atoms with van der Waals surface area (Å²) in [6.45, 7) is 0. The first-order valence-electron chi connectivity index (χ1n) is 5.32. The van der Waals surface area contributed by atoms with Crippen LogP contribution in [0.5, 0.6) is 0 Å². The molecule has 2 rings (SSSR count). The fourth-order valence-corrected chi connectivity index (χ4v) is 1.64. The number of hydrogen-bond acceptors (Lipinski definition) is 3. The van der Waals surface area contributed by atoms with Gasteiger partial charge in [-0.15, -0.1) is 0 Å². The maximum atomic E-state index is 10.8. The maximum absolute atomic E-state index is 10.8. The van der Waals surface area contributed by atoms with Gasteiger partial charge in [-0.1, -0.05) is 18.1 Å². The normalized spacial score (nSPS) is 15.1. The smallest absolute Gasteiger partial charge is 0.384 e. The number of ether oxygens (including phenoxy) is 1. The molecule has 0 amide bonds. The Bertz CT molecular complexity index is 536. The van der Waals surface area contributed by atoms with E-state index in [1.165, 1.54) is 7.11 Å². The van der Waals surface area contributed by atoms with Gasteiger partial charge in [0.25, 0.3) is 0 Å². The fraction of sp³-hybridized carbons (Fsp3) is 0.286. The summed E-state index contributed by atoms with van der Waals surface area (Å²) in [5.41, 5.74) is 1.51. The van der Waals surface area contributed by atoms with Crippen LogP contribution in [0.4, 0.5) is 0 Å². The zero-order valence-corrected chi connectivity index (χ0v) is 9.49. The van der Waals surface area contributed by atoms with Crippen molar-refractivity contribution in [1.29, 1.82) is 5.26 Å². The predicted molar refractivity (Wildman–Crippen MR) is 61.9 cm³/mol. The van der Waals surface area contributed by atoms with E-state index in [4.69, 9.17) is 5.26 Å². The first kappa shape index (κ1) is 11.2. The molecule has 1 saturated carbocycles. The summed E-state index contributed by atoms with van der Waals surface area (Å²) in [6, 6.07) is 9.78. The van der Waals surface area contributed by atoms with Crippen molar-refractivity contribution < 1.29 is 9.53 Å². The summed E-state index contributed by atoms with van der Waals surface area (Å²) in [4.78, 5) is 10.8. The van der Waals surface area contributed by atoms with Gasteiger partial charge in [0.1, 0.15) is 0 Å². The summed E-state index contributed by atoms with van der Waals surface area (Å²) in [5, 5.41) is 9.05. The lowest BCUT2D eigenvalue weighted by Gasteiger charge is -2.04. The Hall–Kier alpha value is -2.26. The van der Waals surface area contributed by atoms with Crippen LogP contribution in [0.1, 0.15) is 24.0 Å². The van der Waals surface area contributed by atoms with Crippen molar-refractivity contribution in [3.8, 4) is 17.9 Å². The van der Waals surface area contributed by atoms with Crippen LogP contribution in [0.15, 0.2) is 24.3 Å². The second-order valence-corrected chi connectivity index (χ2v) is 4.01. The molecule has 0 aromatic heterocycles. The number of benzene rings is 1. The number of carbonyl (C=O) groups is 1. The third-order valence-corrected chi connectivity index (χ3v) is 2.90. The molecule has 0 N–H and O–H groups in total. The summed E-state index contributed by atoms with van der Waals surface area (Å²) in [5.74, 6) is 4.51. The molecule has 0 bridgehead atoms. The van der Waals surface area contributed by atoms with Crippen molar-refractivity contribution in [1.82, 2.24) is 0 Å². The van der Waals surface area contributed by atoms with E-state index in [-0.39, 0.29) is 5.41 Å². The fourth-order valence-electron chi connectivity index (χ4n) is 1.64. The molecule has 0 saturated heterocycles. The number of carbonyl (C=O) groups excluding carboxylic acids is 1. The molecule has 0 heterocycles. The first-order chi connectivity index (χ1) is 8.20. The molecule has 17 heavy (non-hydrogen) atoms. The van der Waals surface area contributed by atoms with Gasteiger partial charge in [0.2, 0.25) is 0 Å². The second kappa shape index (κ2) is 4.31. The summed E-state index contributed by atoms with van der Waals surface area (Å²) < 4.78 is 4.42. The number of nitriles is 1. The molecule has 3 nitrogen and oxygen atoms in total. The van der Waals surface area contributed by atoms with Crippen molar-refractivity contribution >= 4 is 5.97 Å². The Kier molecular flexibility index (Phi) is 2.85. The molecule has 0 unspecified atom stereocenters. The zero-order valence-electron chi connectivity index (χ0n) is 9.49. The van der Waals surface area contributed by atoms with Crippen molar-refractivity contribution in [3.63, 3.8) is 0 Å². The minimum Gasteiger partial charge on any atom is -0.459 e. The van der Waals surface area contributed by atoms with E-state index in [0.717, 1.165) is 24.0 Å². The van der Waals surface area contributed by atoms with E-state index < -0.39 is 5.97 Å². The summed E-state index contributed by atoms with van der Waals surface area (Å²) >= 11 is 0. The van der Waals surface area contributed by atoms with Gasteiger partial charge in [-0.05, 0) is 30.5 Å². The molecule has 1 aliphatic carbocycles. The highest BCUT2D eigenvalue weighted by Crippen LogP contribution is 2.47. The summed E-state index contributed by atoms with van der Waals surface area (Å²) in [7, 11) is 1.30. The van der Waals surface area contributed by atoms with Crippen LogP contribution in [-0.4, -0.2) is 13.1 Å².